The molecule has 0 aromatic carbocycles. The van der Waals surface area contributed by atoms with Crippen molar-refractivity contribution in [3.8, 4) is 0 Å². The number of carbonyl (C=O) groups excluding carboxylic acids is 3. The second-order valence-corrected chi connectivity index (χ2v) is 20.4. The molecule has 34 nitrogen and oxygen atoms in total. The maximum atomic E-state index is 13.6. The summed E-state index contributed by atoms with van der Waals surface area (Å²) in [6, 6.07) is -3.32. The van der Waals surface area contributed by atoms with Crippen molar-refractivity contribution in [2.24, 2.45) is 0 Å². The lowest BCUT2D eigenvalue weighted by Crippen LogP contribution is -2.71. The summed E-state index contributed by atoms with van der Waals surface area (Å²) in [5, 5.41) is 172. The van der Waals surface area contributed by atoms with E-state index in [1.807, 2.05) is 0 Å². The van der Waals surface area contributed by atoms with Crippen molar-refractivity contribution in [1.82, 2.24) is 21.0 Å². The van der Waals surface area contributed by atoms with Crippen LogP contribution in [0, 0.1) is 0 Å². The van der Waals surface area contributed by atoms with Gasteiger partial charge in [-0.1, -0.05) is 0 Å². The molecule has 5 saturated heterocycles. The average molecular weight is 1200 g/mol. The zero-order chi connectivity index (χ0) is 60.0. The molecule has 5 fully saturated rings. The Morgan fingerprint density at radius 3 is 1.81 bits per heavy atom. The SMILES string of the molecule is CC(=O)NC1C(O[C@H]2C(CO)O[C@@H](O[C@@H]3C(CO)O[C@@H](N(C)OCCOCCNC(=O)CCCS)C(O)C3O)C(O)C2O[C@]2(C(=O)O)CC(O)[C@@H](NC(C)=O)C(CC(O)CO)O2)OC(CO)[C@H](O)C1O[C@@H]1OC(CO)[C@H](O)C(O)C1O. The van der Waals surface area contributed by atoms with Crippen LogP contribution >= 0.6 is 12.6 Å². The molecule has 0 saturated carbocycles. The molecule has 81 heavy (non-hydrogen) atoms. The third-order valence-corrected chi connectivity index (χ3v) is 14.3. The molecule has 0 spiro atoms. The lowest BCUT2D eigenvalue weighted by atomic mass is 9.89. The van der Waals surface area contributed by atoms with Gasteiger partial charge in [0.15, 0.2) is 25.1 Å². The predicted molar refractivity (Wildman–Crippen MR) is 264 cm³/mol. The van der Waals surface area contributed by atoms with Gasteiger partial charge in [-0.3, -0.25) is 19.2 Å². The fourth-order valence-corrected chi connectivity index (χ4v) is 9.99. The molecule has 0 aliphatic carbocycles. The third-order valence-electron chi connectivity index (χ3n) is 14.0. The van der Waals surface area contributed by atoms with Crippen LogP contribution < -0.4 is 16.0 Å². The van der Waals surface area contributed by atoms with Crippen LogP contribution in [0.1, 0.15) is 39.5 Å². The molecule has 0 radical (unpaired) electrons. The van der Waals surface area contributed by atoms with E-state index in [9.17, 15) is 95.8 Å². The van der Waals surface area contributed by atoms with Crippen molar-refractivity contribution in [2.45, 2.75) is 192 Å². The number of carbonyl (C=O) groups is 4. The van der Waals surface area contributed by atoms with Gasteiger partial charge in [0.25, 0.3) is 5.79 Å². The second kappa shape index (κ2) is 32.1. The maximum absolute atomic E-state index is 13.6. The third kappa shape index (κ3) is 17.4. The van der Waals surface area contributed by atoms with Crippen LogP contribution in [-0.2, 0) is 71.4 Å². The van der Waals surface area contributed by atoms with E-state index in [-0.39, 0.29) is 32.3 Å². The molecular formula is C46H80N4O30S. The van der Waals surface area contributed by atoms with Crippen molar-refractivity contribution < 1.29 is 148 Å². The number of hydrogen-bond donors (Lipinski definition) is 19. The standard InChI is InChI=1S/C46H80N4O30S/c1-18(56)48-28-21(59)12-46(45(68)69,79-22(28)11-20(58)13-51)80-40-36(67)44(76-37-25(16-54)72-41(34(65)33(37)64)50(3)71-9-8-70-7-6-47-27(60)5-4-10-81)75-26(17-55)38(40)77-42-29(49-19(2)57)39(31(62)24(15-53)73-42)78-43-35(66)32(63)30(61)23(14-52)74-43/h20-26,28-44,51-55,58-59,61-67,81H,4-17H2,1-3H3,(H,47,60)(H,48,56)(H,49,57)(H,68,69)/t20?,21?,22?,23?,24?,25?,26?,28-,29?,30+,31+,32?,33?,34?,35?,36?,37-,38+,39?,40?,41-,42?,43+,44+,46+/m1/s1. The fraction of sp³-hybridized carbons (Fsp3) is 0.913. The predicted octanol–water partition coefficient (Wildman–Crippen LogP) is -10.7. The molecule has 18 N–H and O–H groups in total. The summed E-state index contributed by atoms with van der Waals surface area (Å²) in [6.07, 6.45) is -43.6. The molecule has 35 heteroatoms. The molecule has 5 heterocycles. The Balaban J connectivity index is 1.48. The Hall–Kier alpha value is -2.81. The Morgan fingerprint density at radius 1 is 0.642 bits per heavy atom. The zero-order valence-electron chi connectivity index (χ0n) is 44.5. The number of aliphatic hydroxyl groups excluding tert-OH is 14. The number of amides is 3. The first-order valence-corrected chi connectivity index (χ1v) is 26.7. The summed E-state index contributed by atoms with van der Waals surface area (Å²) in [6.45, 7) is -2.83. The number of nitrogens with one attached hydrogen (secondary N) is 3. The van der Waals surface area contributed by atoms with Gasteiger partial charge < -0.3 is 140 Å². The van der Waals surface area contributed by atoms with Crippen LogP contribution in [0.25, 0.3) is 0 Å². The second-order valence-electron chi connectivity index (χ2n) is 19.9. The molecule has 5 rings (SSSR count). The number of aliphatic carboxylic acids is 1. The number of hydrogen-bond acceptors (Lipinski definition) is 31. The van der Waals surface area contributed by atoms with E-state index < -0.39 is 216 Å². The number of likely N-dealkylation sites (N-methyl/N-ethyl adjacent to an activating group) is 1. The molecule has 25 atom stereocenters. The van der Waals surface area contributed by atoms with E-state index in [4.69, 9.17) is 52.2 Å². The molecular weight excluding hydrogens is 1120 g/mol. The minimum atomic E-state index is -3.17. The highest BCUT2D eigenvalue weighted by Crippen LogP contribution is 2.41. The summed E-state index contributed by atoms with van der Waals surface area (Å²) >= 11 is 4.07. The van der Waals surface area contributed by atoms with Crippen LogP contribution in [0.3, 0.4) is 0 Å². The summed E-state index contributed by atoms with van der Waals surface area (Å²) in [5.41, 5.74) is 0. The summed E-state index contributed by atoms with van der Waals surface area (Å²) < 4.78 is 59.0. The minimum Gasteiger partial charge on any atom is -0.477 e. The van der Waals surface area contributed by atoms with Crippen LogP contribution in [-0.4, -0.2) is 330 Å². The summed E-state index contributed by atoms with van der Waals surface area (Å²) in [5.74, 6) is -6.48. The van der Waals surface area contributed by atoms with Crippen LogP contribution in [0.15, 0.2) is 0 Å². The minimum absolute atomic E-state index is 0.0101. The molecule has 3 amide bonds. The highest BCUT2D eigenvalue weighted by Gasteiger charge is 2.61. The van der Waals surface area contributed by atoms with E-state index in [0.29, 0.717) is 18.6 Å². The molecule has 0 aromatic rings. The van der Waals surface area contributed by atoms with Crippen molar-refractivity contribution in [3.05, 3.63) is 0 Å². The first kappa shape index (κ1) is 69.0. The monoisotopic (exact) mass is 1200 g/mol. The Morgan fingerprint density at radius 2 is 1.21 bits per heavy atom. The Labute approximate surface area is 468 Å². The number of nitrogens with zero attached hydrogens (tertiary/aromatic N) is 1. The van der Waals surface area contributed by atoms with Gasteiger partial charge in [-0.15, -0.1) is 0 Å². The van der Waals surface area contributed by atoms with E-state index >= 15 is 0 Å². The first-order valence-electron chi connectivity index (χ1n) is 26.1. The summed E-state index contributed by atoms with van der Waals surface area (Å²) in [4.78, 5) is 56.2. The van der Waals surface area contributed by atoms with Crippen molar-refractivity contribution >= 4 is 36.3 Å². The molecule has 5 aliphatic heterocycles. The number of aliphatic hydroxyl groups is 14. The quantitative estimate of drug-likeness (QED) is 0.0188. The number of carboxylic acid groups (broad SMARTS) is 1. The fourth-order valence-electron chi connectivity index (χ4n) is 9.83. The van der Waals surface area contributed by atoms with Gasteiger partial charge >= 0.3 is 5.97 Å². The first-order chi connectivity index (χ1) is 38.4. The topological polar surface area (TPSA) is 513 Å². The largest absolute Gasteiger partial charge is 0.477 e. The van der Waals surface area contributed by atoms with Gasteiger partial charge in [0.1, 0.15) is 97.6 Å². The number of rotatable bonds is 29. The van der Waals surface area contributed by atoms with E-state index in [1.54, 1.807) is 0 Å². The number of ether oxygens (including phenoxy) is 10. The Bertz CT molecular complexity index is 1960. The van der Waals surface area contributed by atoms with E-state index in [2.05, 4.69) is 28.6 Å². The van der Waals surface area contributed by atoms with Gasteiger partial charge in [-0.25, -0.2) is 4.79 Å². The average Bonchev–Trinajstić information content (AvgIpc) is 3.42. The van der Waals surface area contributed by atoms with Gasteiger partial charge in [0, 0.05) is 46.7 Å². The molecule has 16 unspecified atom stereocenters. The van der Waals surface area contributed by atoms with Gasteiger partial charge in [0.2, 0.25) is 17.7 Å². The number of carboxylic acids is 1. The number of hydroxylamine groups is 2. The van der Waals surface area contributed by atoms with Gasteiger partial charge in [0.05, 0.1) is 77.2 Å². The molecule has 0 aromatic heterocycles. The zero-order valence-corrected chi connectivity index (χ0v) is 45.4. The smallest absolute Gasteiger partial charge is 0.364 e. The van der Waals surface area contributed by atoms with Gasteiger partial charge in [-0.2, -0.15) is 17.7 Å². The number of thiol groups is 1. The summed E-state index contributed by atoms with van der Waals surface area (Å²) in [7, 11) is 1.31. The normalized spacial score (nSPS) is 40.6. The highest BCUT2D eigenvalue weighted by atomic mass is 32.1. The lowest BCUT2D eigenvalue weighted by molar-refractivity contribution is -0.402. The highest BCUT2D eigenvalue weighted by molar-refractivity contribution is 7.80. The van der Waals surface area contributed by atoms with Crippen molar-refractivity contribution in [2.75, 3.05) is 72.2 Å². The molecule has 0 bridgehead atoms. The lowest BCUT2D eigenvalue weighted by Gasteiger charge is -2.52. The van der Waals surface area contributed by atoms with Crippen LogP contribution in [0.2, 0.25) is 0 Å². The maximum Gasteiger partial charge on any atom is 0.364 e. The Kier molecular flexibility index (Phi) is 27.3. The van der Waals surface area contributed by atoms with Gasteiger partial charge in [-0.05, 0) is 12.2 Å². The van der Waals surface area contributed by atoms with E-state index in [0.717, 1.165) is 18.9 Å². The van der Waals surface area contributed by atoms with Crippen LogP contribution in [0.4, 0.5) is 0 Å². The molecule has 470 valence electrons. The van der Waals surface area contributed by atoms with Crippen LogP contribution in [0.5, 0.6) is 0 Å². The van der Waals surface area contributed by atoms with E-state index in [1.165, 1.54) is 7.05 Å². The van der Waals surface area contributed by atoms with Crippen molar-refractivity contribution in [1.29, 1.82) is 0 Å². The molecule has 5 aliphatic rings. The van der Waals surface area contributed by atoms with Crippen molar-refractivity contribution in [3.63, 3.8) is 0 Å².